The van der Waals surface area contributed by atoms with E-state index >= 15 is 0 Å². The van der Waals surface area contributed by atoms with E-state index in [-0.39, 0.29) is 18.4 Å². The zero-order chi connectivity index (χ0) is 17.4. The first kappa shape index (κ1) is 18.4. The molecule has 1 fully saturated rings. The number of carbonyl (C=O) groups excluding carboxylic acids is 2. The SMILES string of the molecule is CCN(Cc1ccccc1)C(=O)CNC(=O)C1(OC)CCNCC1. The number of likely N-dealkylation sites (N-methyl/N-ethyl adjacent to an activating group) is 1. The van der Waals surface area contributed by atoms with E-state index in [0.29, 0.717) is 25.9 Å². The minimum atomic E-state index is -0.817. The Bertz CT molecular complexity index is 542. The summed E-state index contributed by atoms with van der Waals surface area (Å²) in [7, 11) is 1.56. The molecule has 2 N–H and O–H groups in total. The number of ether oxygens (including phenoxy) is 1. The van der Waals surface area contributed by atoms with E-state index < -0.39 is 5.60 Å². The van der Waals surface area contributed by atoms with Gasteiger partial charge in [0.25, 0.3) is 5.91 Å². The first-order chi connectivity index (χ1) is 11.6. The third-order valence-electron chi connectivity index (χ3n) is 4.57. The van der Waals surface area contributed by atoms with Gasteiger partial charge in [0.1, 0.15) is 5.60 Å². The van der Waals surface area contributed by atoms with Crippen LogP contribution in [0.3, 0.4) is 0 Å². The smallest absolute Gasteiger partial charge is 0.252 e. The van der Waals surface area contributed by atoms with E-state index in [1.807, 2.05) is 37.3 Å². The summed E-state index contributed by atoms with van der Waals surface area (Å²) in [5, 5.41) is 5.97. The summed E-state index contributed by atoms with van der Waals surface area (Å²) in [6.45, 7) is 4.56. The zero-order valence-corrected chi connectivity index (χ0v) is 14.5. The van der Waals surface area contributed by atoms with Crippen molar-refractivity contribution in [3.8, 4) is 0 Å². The molecule has 0 unspecified atom stereocenters. The molecule has 0 aromatic heterocycles. The van der Waals surface area contributed by atoms with Gasteiger partial charge in [-0.2, -0.15) is 0 Å². The molecule has 0 bridgehead atoms. The highest BCUT2D eigenvalue weighted by Gasteiger charge is 2.39. The maximum atomic E-state index is 12.5. The van der Waals surface area contributed by atoms with Crippen molar-refractivity contribution >= 4 is 11.8 Å². The van der Waals surface area contributed by atoms with E-state index in [0.717, 1.165) is 18.7 Å². The summed E-state index contributed by atoms with van der Waals surface area (Å²) in [5.74, 6) is -0.287. The maximum Gasteiger partial charge on any atom is 0.252 e. The molecule has 0 radical (unpaired) electrons. The topological polar surface area (TPSA) is 70.7 Å². The Hall–Kier alpha value is -1.92. The molecule has 24 heavy (non-hydrogen) atoms. The number of hydrogen-bond donors (Lipinski definition) is 2. The molecule has 132 valence electrons. The monoisotopic (exact) mass is 333 g/mol. The number of carbonyl (C=O) groups is 2. The van der Waals surface area contributed by atoms with Crippen molar-refractivity contribution in [3.63, 3.8) is 0 Å². The average molecular weight is 333 g/mol. The number of benzene rings is 1. The average Bonchev–Trinajstić information content (AvgIpc) is 2.65. The van der Waals surface area contributed by atoms with Crippen LogP contribution in [0.5, 0.6) is 0 Å². The van der Waals surface area contributed by atoms with Crippen molar-refractivity contribution in [3.05, 3.63) is 35.9 Å². The van der Waals surface area contributed by atoms with Crippen LogP contribution in [0.4, 0.5) is 0 Å². The first-order valence-electron chi connectivity index (χ1n) is 8.47. The van der Waals surface area contributed by atoms with Crippen molar-refractivity contribution in [2.45, 2.75) is 31.9 Å². The van der Waals surface area contributed by atoms with E-state index in [2.05, 4.69) is 10.6 Å². The Morgan fingerprint density at radius 1 is 1.25 bits per heavy atom. The third kappa shape index (κ3) is 4.55. The fraction of sp³-hybridized carbons (Fsp3) is 0.556. The van der Waals surface area contributed by atoms with Gasteiger partial charge in [0.05, 0.1) is 6.54 Å². The third-order valence-corrected chi connectivity index (χ3v) is 4.57. The quantitative estimate of drug-likeness (QED) is 0.778. The standard InChI is InChI=1S/C18H27N3O3/c1-3-21(14-15-7-5-4-6-8-15)16(22)13-20-17(23)18(24-2)9-11-19-12-10-18/h4-8,19H,3,9-14H2,1-2H3,(H,20,23). The number of rotatable bonds is 7. The summed E-state index contributed by atoms with van der Waals surface area (Å²) >= 11 is 0. The lowest BCUT2D eigenvalue weighted by Gasteiger charge is -2.34. The Kier molecular flexibility index (Phi) is 6.75. The minimum absolute atomic E-state index is 0.00194. The molecule has 6 heteroatoms. The van der Waals surface area contributed by atoms with Crippen LogP contribution in [0.1, 0.15) is 25.3 Å². The van der Waals surface area contributed by atoms with Crippen LogP contribution < -0.4 is 10.6 Å². The molecule has 1 aliphatic rings. The van der Waals surface area contributed by atoms with E-state index in [1.165, 1.54) is 0 Å². The molecule has 1 heterocycles. The second-order valence-electron chi connectivity index (χ2n) is 6.02. The highest BCUT2D eigenvalue weighted by atomic mass is 16.5. The van der Waals surface area contributed by atoms with Crippen molar-refractivity contribution in [2.24, 2.45) is 0 Å². The molecule has 0 aliphatic carbocycles. The predicted molar refractivity (Wildman–Crippen MR) is 92.4 cm³/mol. The fourth-order valence-electron chi connectivity index (χ4n) is 2.96. The largest absolute Gasteiger partial charge is 0.368 e. The van der Waals surface area contributed by atoms with Gasteiger partial charge in [-0.1, -0.05) is 30.3 Å². The zero-order valence-electron chi connectivity index (χ0n) is 14.5. The van der Waals surface area contributed by atoms with Crippen molar-refractivity contribution in [1.29, 1.82) is 0 Å². The lowest BCUT2D eigenvalue weighted by molar-refractivity contribution is -0.148. The van der Waals surface area contributed by atoms with Crippen LogP contribution in [0.25, 0.3) is 0 Å². The van der Waals surface area contributed by atoms with Gasteiger partial charge in [0.2, 0.25) is 5.91 Å². The molecule has 1 aromatic rings. The van der Waals surface area contributed by atoms with Gasteiger partial charge in [0.15, 0.2) is 0 Å². The number of amides is 2. The molecular formula is C18H27N3O3. The second-order valence-corrected chi connectivity index (χ2v) is 6.02. The minimum Gasteiger partial charge on any atom is -0.368 e. The van der Waals surface area contributed by atoms with E-state index in [4.69, 9.17) is 4.74 Å². The second kappa shape index (κ2) is 8.80. The molecule has 0 atom stereocenters. The number of nitrogens with zero attached hydrogens (tertiary/aromatic N) is 1. The maximum absolute atomic E-state index is 12.5. The predicted octanol–water partition coefficient (Wildman–Crippen LogP) is 0.920. The Morgan fingerprint density at radius 2 is 1.92 bits per heavy atom. The van der Waals surface area contributed by atoms with Gasteiger partial charge in [-0.05, 0) is 38.4 Å². The lowest BCUT2D eigenvalue weighted by atomic mass is 9.91. The molecule has 2 rings (SSSR count). The van der Waals surface area contributed by atoms with Crippen LogP contribution in [0, 0.1) is 0 Å². The molecule has 0 saturated carbocycles. The van der Waals surface area contributed by atoms with Gasteiger partial charge in [-0.3, -0.25) is 9.59 Å². The molecular weight excluding hydrogens is 306 g/mol. The van der Waals surface area contributed by atoms with Gasteiger partial charge in [0, 0.05) is 20.2 Å². The highest BCUT2D eigenvalue weighted by molar-refractivity contribution is 5.89. The molecule has 1 aliphatic heterocycles. The van der Waals surface area contributed by atoms with E-state index in [1.54, 1.807) is 12.0 Å². The van der Waals surface area contributed by atoms with E-state index in [9.17, 15) is 9.59 Å². The molecule has 0 spiro atoms. The van der Waals surface area contributed by atoms with Crippen molar-refractivity contribution in [2.75, 3.05) is 33.3 Å². The van der Waals surface area contributed by atoms with Crippen LogP contribution in [0.2, 0.25) is 0 Å². The number of methoxy groups -OCH3 is 1. The van der Waals surface area contributed by atoms with Gasteiger partial charge >= 0.3 is 0 Å². The lowest BCUT2D eigenvalue weighted by Crippen LogP contribution is -2.55. The Balaban J connectivity index is 1.89. The summed E-state index contributed by atoms with van der Waals surface area (Å²) in [6, 6.07) is 9.84. The summed E-state index contributed by atoms with van der Waals surface area (Å²) in [5.41, 5.74) is 0.257. The van der Waals surface area contributed by atoms with Crippen molar-refractivity contribution < 1.29 is 14.3 Å². The van der Waals surface area contributed by atoms with Gasteiger partial charge in [-0.25, -0.2) is 0 Å². The molecule has 1 aromatic carbocycles. The first-order valence-corrected chi connectivity index (χ1v) is 8.47. The van der Waals surface area contributed by atoms with Crippen LogP contribution >= 0.6 is 0 Å². The number of piperidine rings is 1. The van der Waals surface area contributed by atoms with Gasteiger partial charge < -0.3 is 20.3 Å². The molecule has 6 nitrogen and oxygen atoms in total. The van der Waals surface area contributed by atoms with Crippen LogP contribution in [0.15, 0.2) is 30.3 Å². The summed E-state index contributed by atoms with van der Waals surface area (Å²) in [6.07, 6.45) is 1.23. The fourth-order valence-corrected chi connectivity index (χ4v) is 2.96. The summed E-state index contributed by atoms with van der Waals surface area (Å²) < 4.78 is 5.48. The Morgan fingerprint density at radius 3 is 2.50 bits per heavy atom. The van der Waals surface area contributed by atoms with Gasteiger partial charge in [-0.15, -0.1) is 0 Å². The number of hydrogen-bond acceptors (Lipinski definition) is 4. The molecule has 1 saturated heterocycles. The highest BCUT2D eigenvalue weighted by Crippen LogP contribution is 2.22. The number of nitrogens with one attached hydrogen (secondary N) is 2. The molecule has 2 amide bonds. The van der Waals surface area contributed by atoms with Crippen LogP contribution in [-0.2, 0) is 20.9 Å². The summed E-state index contributed by atoms with van der Waals surface area (Å²) in [4.78, 5) is 26.6. The Labute approximate surface area is 143 Å². The normalized spacial score (nSPS) is 16.4. The van der Waals surface area contributed by atoms with Crippen molar-refractivity contribution in [1.82, 2.24) is 15.5 Å². The van der Waals surface area contributed by atoms with Crippen LogP contribution in [-0.4, -0.2) is 55.6 Å².